The van der Waals surface area contributed by atoms with Gasteiger partial charge in [-0.05, 0) is 17.9 Å². The summed E-state index contributed by atoms with van der Waals surface area (Å²) in [6, 6.07) is 6.33. The average Bonchev–Trinajstić information content (AvgIpc) is 2.38. The number of nitro groups is 1. The van der Waals surface area contributed by atoms with Crippen LogP contribution in [0.15, 0.2) is 24.3 Å². The zero-order chi connectivity index (χ0) is 14.4. The van der Waals surface area contributed by atoms with Crippen LogP contribution in [0, 0.1) is 16.0 Å². The van der Waals surface area contributed by atoms with E-state index >= 15 is 0 Å². The van der Waals surface area contributed by atoms with Gasteiger partial charge in [-0.1, -0.05) is 26.0 Å². The molecule has 1 aromatic rings. The first kappa shape index (κ1) is 15.5. The highest BCUT2D eigenvalue weighted by molar-refractivity contribution is 7.81. The molecule has 0 heterocycles. The Labute approximate surface area is 118 Å². The predicted octanol–water partition coefficient (Wildman–Crippen LogP) is 2.21. The van der Waals surface area contributed by atoms with Crippen molar-refractivity contribution in [3.63, 3.8) is 0 Å². The Balaban J connectivity index is 2.41. The van der Waals surface area contributed by atoms with Crippen molar-refractivity contribution in [2.75, 3.05) is 6.54 Å². The van der Waals surface area contributed by atoms with Crippen LogP contribution in [0.1, 0.15) is 19.4 Å². The number of carbonyl (C=O) groups is 1. The van der Waals surface area contributed by atoms with E-state index in [1.807, 2.05) is 13.8 Å². The molecule has 1 amide bonds. The third kappa shape index (κ3) is 4.90. The van der Waals surface area contributed by atoms with Gasteiger partial charge in [-0.15, -0.1) is 0 Å². The van der Waals surface area contributed by atoms with Gasteiger partial charge in [-0.25, -0.2) is 0 Å². The van der Waals surface area contributed by atoms with E-state index in [9.17, 15) is 14.9 Å². The lowest BCUT2D eigenvalue weighted by Gasteiger charge is -2.14. The monoisotopic (exact) mass is 282 g/mol. The van der Waals surface area contributed by atoms with Crippen LogP contribution in [-0.2, 0) is 11.2 Å². The van der Waals surface area contributed by atoms with Crippen molar-refractivity contribution in [1.82, 2.24) is 5.32 Å². The smallest absolute Gasteiger partial charge is 0.269 e. The molecule has 0 aliphatic heterocycles. The molecule has 6 heteroatoms. The Morgan fingerprint density at radius 1 is 1.37 bits per heavy atom. The number of nitrogens with one attached hydrogen (secondary N) is 1. The molecular weight excluding hydrogens is 264 g/mol. The van der Waals surface area contributed by atoms with Crippen molar-refractivity contribution < 1.29 is 9.72 Å². The lowest BCUT2D eigenvalue weighted by Crippen LogP contribution is -2.35. The number of hydrogen-bond acceptors (Lipinski definition) is 4. The fraction of sp³-hybridized carbons (Fsp3) is 0.462. The Bertz CT molecular complexity index is 446. The minimum Gasteiger partial charge on any atom is -0.355 e. The van der Waals surface area contributed by atoms with Crippen LogP contribution in [0.5, 0.6) is 0 Å². The van der Waals surface area contributed by atoms with Crippen molar-refractivity contribution in [2.45, 2.75) is 25.5 Å². The van der Waals surface area contributed by atoms with Crippen LogP contribution in [0.25, 0.3) is 0 Å². The SMILES string of the molecule is CC(C)C(S)C(=O)NCCc1ccc([N+](=O)[O-])cc1. The molecule has 0 aromatic heterocycles. The molecule has 104 valence electrons. The number of carbonyl (C=O) groups excluding carboxylic acids is 1. The summed E-state index contributed by atoms with van der Waals surface area (Å²) in [5, 5.41) is 13.0. The first-order chi connectivity index (χ1) is 8.91. The van der Waals surface area contributed by atoms with Crippen LogP contribution in [0.4, 0.5) is 5.69 Å². The molecule has 0 fully saturated rings. The molecule has 5 nitrogen and oxygen atoms in total. The Morgan fingerprint density at radius 2 is 1.95 bits per heavy atom. The highest BCUT2D eigenvalue weighted by Gasteiger charge is 2.16. The third-order valence-electron chi connectivity index (χ3n) is 2.76. The van der Waals surface area contributed by atoms with Crippen LogP contribution in [-0.4, -0.2) is 22.6 Å². The molecular formula is C13H18N2O3S. The Kier molecular flexibility index (Phi) is 5.82. The molecule has 0 spiro atoms. The number of thiol groups is 1. The molecule has 1 aromatic carbocycles. The normalized spacial score (nSPS) is 12.2. The Morgan fingerprint density at radius 3 is 2.42 bits per heavy atom. The molecule has 0 aliphatic rings. The second kappa shape index (κ2) is 7.13. The van der Waals surface area contributed by atoms with Gasteiger partial charge in [0.1, 0.15) is 0 Å². The second-order valence-electron chi connectivity index (χ2n) is 4.65. The Hall–Kier alpha value is -1.56. The second-order valence-corrected chi connectivity index (χ2v) is 5.21. The number of amides is 1. The van der Waals surface area contributed by atoms with Crippen LogP contribution in [0.3, 0.4) is 0 Å². The van der Waals surface area contributed by atoms with Gasteiger partial charge in [-0.3, -0.25) is 14.9 Å². The van der Waals surface area contributed by atoms with Crippen molar-refractivity contribution >= 4 is 24.2 Å². The summed E-state index contributed by atoms with van der Waals surface area (Å²) in [6.07, 6.45) is 0.641. The molecule has 0 saturated heterocycles. The van der Waals surface area contributed by atoms with Crippen molar-refractivity contribution in [2.24, 2.45) is 5.92 Å². The highest BCUT2D eigenvalue weighted by atomic mass is 32.1. The summed E-state index contributed by atoms with van der Waals surface area (Å²) in [4.78, 5) is 21.7. The van der Waals surface area contributed by atoms with Crippen LogP contribution in [0.2, 0.25) is 0 Å². The van der Waals surface area contributed by atoms with E-state index in [-0.39, 0.29) is 22.8 Å². The summed E-state index contributed by atoms with van der Waals surface area (Å²) in [6.45, 7) is 4.38. The van der Waals surface area contributed by atoms with E-state index < -0.39 is 4.92 Å². The van der Waals surface area contributed by atoms with Gasteiger partial charge in [0.05, 0.1) is 10.2 Å². The predicted molar refractivity (Wildman–Crippen MR) is 77.4 cm³/mol. The topological polar surface area (TPSA) is 72.2 Å². The van der Waals surface area contributed by atoms with Crippen LogP contribution < -0.4 is 5.32 Å². The van der Waals surface area contributed by atoms with Gasteiger partial charge in [0.25, 0.3) is 5.69 Å². The highest BCUT2D eigenvalue weighted by Crippen LogP contribution is 2.12. The van der Waals surface area contributed by atoms with Gasteiger partial charge < -0.3 is 5.32 Å². The molecule has 1 N–H and O–H groups in total. The van der Waals surface area contributed by atoms with E-state index in [1.54, 1.807) is 12.1 Å². The quantitative estimate of drug-likeness (QED) is 0.477. The maximum absolute atomic E-state index is 11.6. The lowest BCUT2D eigenvalue weighted by atomic mass is 10.1. The maximum atomic E-state index is 11.6. The molecule has 1 rings (SSSR count). The standard InChI is InChI=1S/C13H18N2O3S/c1-9(2)12(19)13(16)14-8-7-10-3-5-11(6-4-10)15(17)18/h3-6,9,12,19H,7-8H2,1-2H3,(H,14,16). The molecule has 0 bridgehead atoms. The average molecular weight is 282 g/mol. The van der Waals surface area contributed by atoms with Gasteiger partial charge in [0, 0.05) is 18.7 Å². The summed E-state index contributed by atoms with van der Waals surface area (Å²) < 4.78 is 0. The maximum Gasteiger partial charge on any atom is 0.269 e. The summed E-state index contributed by atoms with van der Waals surface area (Å²) in [5.41, 5.74) is 1.02. The number of non-ortho nitro benzene ring substituents is 1. The minimum atomic E-state index is -0.431. The van der Waals surface area contributed by atoms with Gasteiger partial charge in [0.2, 0.25) is 5.91 Å². The van der Waals surface area contributed by atoms with E-state index in [0.29, 0.717) is 13.0 Å². The van der Waals surface area contributed by atoms with Crippen molar-refractivity contribution in [3.05, 3.63) is 39.9 Å². The number of hydrogen-bond donors (Lipinski definition) is 2. The third-order valence-corrected chi connectivity index (χ3v) is 3.59. The molecule has 0 radical (unpaired) electrons. The fourth-order valence-corrected chi connectivity index (χ4v) is 1.61. The molecule has 19 heavy (non-hydrogen) atoms. The molecule has 0 aliphatic carbocycles. The number of nitrogens with zero attached hydrogens (tertiary/aromatic N) is 1. The van der Waals surface area contributed by atoms with Gasteiger partial charge in [-0.2, -0.15) is 12.6 Å². The number of rotatable bonds is 6. The largest absolute Gasteiger partial charge is 0.355 e. The number of benzene rings is 1. The number of nitro benzene ring substituents is 1. The van der Waals surface area contributed by atoms with E-state index in [0.717, 1.165) is 5.56 Å². The summed E-state index contributed by atoms with van der Waals surface area (Å²) in [7, 11) is 0. The van der Waals surface area contributed by atoms with E-state index in [2.05, 4.69) is 17.9 Å². The van der Waals surface area contributed by atoms with Gasteiger partial charge >= 0.3 is 0 Å². The summed E-state index contributed by atoms with van der Waals surface area (Å²) >= 11 is 4.23. The molecule has 1 atom stereocenters. The molecule has 1 unspecified atom stereocenters. The van der Waals surface area contributed by atoms with Crippen molar-refractivity contribution in [1.29, 1.82) is 0 Å². The fourth-order valence-electron chi connectivity index (χ4n) is 1.52. The summed E-state index contributed by atoms with van der Waals surface area (Å²) in [5.74, 6) is 0.1000. The molecule has 0 saturated carbocycles. The van der Waals surface area contributed by atoms with Gasteiger partial charge in [0.15, 0.2) is 0 Å². The lowest BCUT2D eigenvalue weighted by molar-refractivity contribution is -0.384. The van der Waals surface area contributed by atoms with E-state index in [1.165, 1.54) is 12.1 Å². The minimum absolute atomic E-state index is 0.0722. The van der Waals surface area contributed by atoms with Crippen molar-refractivity contribution in [3.8, 4) is 0 Å². The zero-order valence-corrected chi connectivity index (χ0v) is 11.9. The zero-order valence-electron chi connectivity index (χ0n) is 11.0. The first-order valence-corrected chi connectivity index (χ1v) is 6.62. The first-order valence-electron chi connectivity index (χ1n) is 6.11. The van der Waals surface area contributed by atoms with Crippen LogP contribution >= 0.6 is 12.6 Å². The van der Waals surface area contributed by atoms with E-state index in [4.69, 9.17) is 0 Å².